The second kappa shape index (κ2) is 6.30. The van der Waals surface area contributed by atoms with E-state index in [9.17, 15) is 4.79 Å². The first kappa shape index (κ1) is 17.7. The van der Waals surface area contributed by atoms with Gasteiger partial charge < -0.3 is 19.4 Å². The van der Waals surface area contributed by atoms with E-state index in [0.717, 1.165) is 43.3 Å². The lowest BCUT2D eigenvalue weighted by molar-refractivity contribution is 0.0141. The van der Waals surface area contributed by atoms with Crippen molar-refractivity contribution in [2.24, 2.45) is 11.8 Å². The lowest BCUT2D eigenvalue weighted by Gasteiger charge is -2.29. The first-order valence-electron chi connectivity index (χ1n) is 10.0. The van der Waals surface area contributed by atoms with E-state index in [2.05, 4.69) is 20.2 Å². The minimum Gasteiger partial charge on any atom is -0.466 e. The third-order valence-electron chi connectivity index (χ3n) is 6.65. The topological polar surface area (TPSA) is 80.5 Å². The summed E-state index contributed by atoms with van der Waals surface area (Å²) in [5.74, 6) is 3.86. The van der Waals surface area contributed by atoms with Gasteiger partial charge in [-0.15, -0.1) is 0 Å². The van der Waals surface area contributed by atoms with E-state index in [1.165, 1.54) is 0 Å². The smallest absolute Gasteiger partial charge is 0.254 e. The first-order chi connectivity index (χ1) is 13.4. The van der Waals surface area contributed by atoms with Crippen molar-refractivity contribution >= 4 is 11.7 Å². The molecule has 3 aliphatic heterocycles. The molecular formula is C21H26N4O3. The Balaban J connectivity index is 1.30. The van der Waals surface area contributed by atoms with Crippen LogP contribution in [0.2, 0.25) is 0 Å². The molecule has 1 amide bonds. The molecule has 7 nitrogen and oxygen atoms in total. The zero-order chi connectivity index (χ0) is 19.5. The van der Waals surface area contributed by atoms with Crippen LogP contribution in [0.25, 0.3) is 0 Å². The van der Waals surface area contributed by atoms with Gasteiger partial charge in [0.05, 0.1) is 17.3 Å². The summed E-state index contributed by atoms with van der Waals surface area (Å²) in [6, 6.07) is 3.77. The summed E-state index contributed by atoms with van der Waals surface area (Å²) in [4.78, 5) is 23.7. The molecule has 0 radical (unpaired) electrons. The monoisotopic (exact) mass is 382 g/mol. The van der Waals surface area contributed by atoms with Crippen molar-refractivity contribution in [1.82, 2.24) is 15.3 Å². The van der Waals surface area contributed by atoms with Gasteiger partial charge in [-0.3, -0.25) is 4.79 Å². The molecule has 1 N–H and O–H groups in total. The maximum Gasteiger partial charge on any atom is 0.254 e. The van der Waals surface area contributed by atoms with Crippen LogP contribution in [0.15, 0.2) is 22.7 Å². The van der Waals surface area contributed by atoms with Crippen molar-refractivity contribution in [3.8, 4) is 0 Å². The van der Waals surface area contributed by atoms with Crippen LogP contribution in [-0.2, 0) is 4.74 Å². The largest absolute Gasteiger partial charge is 0.466 e. The highest BCUT2D eigenvalue weighted by molar-refractivity contribution is 5.95. The van der Waals surface area contributed by atoms with Crippen molar-refractivity contribution in [3.05, 3.63) is 41.2 Å². The Morgan fingerprint density at radius 1 is 1.39 bits per heavy atom. The van der Waals surface area contributed by atoms with Gasteiger partial charge in [0.1, 0.15) is 23.2 Å². The number of aromatic nitrogens is 2. The second-order valence-corrected chi connectivity index (χ2v) is 8.41. The van der Waals surface area contributed by atoms with Gasteiger partial charge >= 0.3 is 0 Å². The number of nitrogens with zero attached hydrogens (tertiary/aromatic N) is 3. The van der Waals surface area contributed by atoms with Crippen LogP contribution in [0.3, 0.4) is 0 Å². The highest BCUT2D eigenvalue weighted by Gasteiger charge is 2.63. The Bertz CT molecular complexity index is 926. The van der Waals surface area contributed by atoms with E-state index in [-0.39, 0.29) is 17.6 Å². The quantitative estimate of drug-likeness (QED) is 0.875. The Labute approximate surface area is 164 Å². The number of hydrogen-bond acceptors (Lipinski definition) is 6. The van der Waals surface area contributed by atoms with Gasteiger partial charge in [-0.1, -0.05) is 0 Å². The fraction of sp³-hybridized carbons (Fsp3) is 0.571. The van der Waals surface area contributed by atoms with E-state index in [1.54, 1.807) is 6.07 Å². The van der Waals surface area contributed by atoms with Crippen molar-refractivity contribution in [2.75, 3.05) is 24.5 Å². The number of aryl methyl sites for hydroxylation is 3. The number of carbonyl (C=O) groups excluding carboxylic acids is 1. The Kier molecular flexibility index (Phi) is 3.98. The minimum absolute atomic E-state index is 0.0625. The highest BCUT2D eigenvalue weighted by Crippen LogP contribution is 2.55. The summed E-state index contributed by atoms with van der Waals surface area (Å²) in [5.41, 5.74) is 0.530. The van der Waals surface area contributed by atoms with Crippen LogP contribution in [0, 0.1) is 32.6 Å². The normalized spacial score (nSPS) is 30.7. The molecule has 0 saturated carbocycles. The van der Waals surface area contributed by atoms with Gasteiger partial charge in [0.2, 0.25) is 0 Å². The Hall–Kier alpha value is -2.41. The SMILES string of the molecule is Cc1nccc(N2C[C@@H]3[C@H](CNC(=O)c4cc(C)oc4C)[C@H]4CC[C@]3(C2)O4)n1. The number of anilines is 1. The molecule has 1 spiro atoms. The highest BCUT2D eigenvalue weighted by atomic mass is 16.5. The molecule has 28 heavy (non-hydrogen) atoms. The molecular weight excluding hydrogens is 356 g/mol. The van der Waals surface area contributed by atoms with Crippen molar-refractivity contribution in [3.63, 3.8) is 0 Å². The third kappa shape index (κ3) is 2.71. The maximum atomic E-state index is 12.6. The number of nitrogens with one attached hydrogen (secondary N) is 1. The number of furan rings is 1. The van der Waals surface area contributed by atoms with E-state index in [0.29, 0.717) is 29.7 Å². The molecule has 2 aromatic rings. The van der Waals surface area contributed by atoms with E-state index in [4.69, 9.17) is 9.15 Å². The standard InChI is InChI=1S/C21H26N4O3/c1-12-8-15(13(2)27-12)20(26)23-9-16-17-10-25(19-5-7-22-14(3)24-19)11-21(17)6-4-18(16)28-21/h5,7-8,16-18H,4,6,9-11H2,1-3H3,(H,23,26)/t16-,17+,18+,21+/m0/s1. The van der Waals surface area contributed by atoms with Crippen LogP contribution in [0.1, 0.15) is 40.5 Å². The van der Waals surface area contributed by atoms with Crippen LogP contribution in [-0.4, -0.2) is 47.2 Å². The molecule has 3 aliphatic rings. The fourth-order valence-corrected chi connectivity index (χ4v) is 5.42. The van der Waals surface area contributed by atoms with E-state index < -0.39 is 0 Å². The predicted molar refractivity (Wildman–Crippen MR) is 103 cm³/mol. The molecule has 2 aromatic heterocycles. The van der Waals surface area contributed by atoms with Gasteiger partial charge in [0.25, 0.3) is 5.91 Å². The molecule has 5 heterocycles. The average molecular weight is 382 g/mol. The van der Waals surface area contributed by atoms with Gasteiger partial charge in [-0.05, 0) is 45.7 Å². The molecule has 2 bridgehead atoms. The third-order valence-corrected chi connectivity index (χ3v) is 6.65. The number of rotatable bonds is 4. The van der Waals surface area contributed by atoms with E-state index >= 15 is 0 Å². The summed E-state index contributed by atoms with van der Waals surface area (Å²) in [6.45, 7) is 8.02. The van der Waals surface area contributed by atoms with Crippen LogP contribution in [0.4, 0.5) is 5.82 Å². The summed E-state index contributed by atoms with van der Waals surface area (Å²) in [5, 5.41) is 3.13. The molecule has 5 rings (SSSR count). The summed E-state index contributed by atoms with van der Waals surface area (Å²) >= 11 is 0. The molecule has 148 valence electrons. The van der Waals surface area contributed by atoms with Crippen LogP contribution < -0.4 is 10.2 Å². The average Bonchev–Trinajstić information content (AvgIpc) is 3.39. The van der Waals surface area contributed by atoms with Gasteiger partial charge in [0, 0.05) is 37.7 Å². The first-order valence-corrected chi connectivity index (χ1v) is 10.0. The van der Waals surface area contributed by atoms with Crippen molar-refractivity contribution in [2.45, 2.75) is 45.3 Å². The van der Waals surface area contributed by atoms with Gasteiger partial charge in [0.15, 0.2) is 0 Å². The molecule has 0 aliphatic carbocycles. The van der Waals surface area contributed by atoms with Crippen molar-refractivity contribution < 1.29 is 13.9 Å². The number of fused-ring (bicyclic) bond motifs is 1. The fourth-order valence-electron chi connectivity index (χ4n) is 5.42. The molecule has 0 unspecified atom stereocenters. The minimum atomic E-state index is -0.0962. The van der Waals surface area contributed by atoms with Crippen LogP contribution >= 0.6 is 0 Å². The Morgan fingerprint density at radius 2 is 2.25 bits per heavy atom. The van der Waals surface area contributed by atoms with Crippen molar-refractivity contribution in [1.29, 1.82) is 0 Å². The Morgan fingerprint density at radius 3 is 3.00 bits per heavy atom. The number of amides is 1. The molecule has 3 saturated heterocycles. The lowest BCUT2D eigenvalue weighted by atomic mass is 9.73. The van der Waals surface area contributed by atoms with E-state index in [1.807, 2.05) is 33.0 Å². The van der Waals surface area contributed by atoms with Crippen LogP contribution in [0.5, 0.6) is 0 Å². The lowest BCUT2D eigenvalue weighted by Crippen LogP contribution is -2.41. The zero-order valence-electron chi connectivity index (χ0n) is 16.6. The van der Waals surface area contributed by atoms with Gasteiger partial charge in [-0.2, -0.15) is 0 Å². The molecule has 4 atom stereocenters. The molecule has 3 fully saturated rings. The summed E-state index contributed by atoms with van der Waals surface area (Å²) in [6.07, 6.45) is 4.21. The summed E-state index contributed by atoms with van der Waals surface area (Å²) in [7, 11) is 0. The number of hydrogen-bond donors (Lipinski definition) is 1. The number of carbonyl (C=O) groups is 1. The predicted octanol–water partition coefficient (Wildman–Crippen LogP) is 2.41. The van der Waals surface area contributed by atoms with Gasteiger partial charge in [-0.25, -0.2) is 9.97 Å². The zero-order valence-corrected chi connectivity index (χ0v) is 16.6. The second-order valence-electron chi connectivity index (χ2n) is 8.41. The molecule has 0 aromatic carbocycles. The summed E-state index contributed by atoms with van der Waals surface area (Å²) < 4.78 is 12.0. The number of ether oxygens (including phenoxy) is 1. The maximum absolute atomic E-state index is 12.6. The molecule has 7 heteroatoms.